The first-order valence-corrected chi connectivity index (χ1v) is 7.46. The SMILES string of the molecule is CC1(C)CC(=O)C(C(=O)C=CNc2cccc([N+](=O)[O-])c2)C(=O)C1. The molecule has 1 saturated carbocycles. The number of nitrogens with zero attached hydrogens (tertiary/aromatic N) is 1. The second kappa shape index (κ2) is 6.74. The summed E-state index contributed by atoms with van der Waals surface area (Å²) in [7, 11) is 0. The number of nitrogens with one attached hydrogen (secondary N) is 1. The molecule has 0 amide bonds. The summed E-state index contributed by atoms with van der Waals surface area (Å²) in [6.07, 6.45) is 2.79. The molecule has 0 aromatic heterocycles. The highest BCUT2D eigenvalue weighted by Gasteiger charge is 2.42. The van der Waals surface area contributed by atoms with Crippen LogP contribution in [0.4, 0.5) is 11.4 Å². The minimum absolute atomic E-state index is 0.0837. The van der Waals surface area contributed by atoms with Gasteiger partial charge in [0, 0.05) is 36.9 Å². The average Bonchev–Trinajstić information content (AvgIpc) is 2.45. The van der Waals surface area contributed by atoms with Crippen LogP contribution in [0.15, 0.2) is 36.5 Å². The van der Waals surface area contributed by atoms with Crippen molar-refractivity contribution in [2.45, 2.75) is 26.7 Å². The van der Waals surface area contributed by atoms with E-state index in [9.17, 15) is 24.5 Å². The Hall–Kier alpha value is -2.83. The molecule has 1 aromatic rings. The molecular weight excluding hydrogens is 312 g/mol. The van der Waals surface area contributed by atoms with Gasteiger partial charge < -0.3 is 5.32 Å². The Balaban J connectivity index is 2.03. The van der Waals surface area contributed by atoms with Crippen LogP contribution in [0, 0.1) is 21.4 Å². The number of ketones is 3. The fourth-order valence-corrected chi connectivity index (χ4v) is 2.73. The molecule has 126 valence electrons. The van der Waals surface area contributed by atoms with E-state index >= 15 is 0 Å². The molecule has 1 aliphatic rings. The molecule has 0 spiro atoms. The highest BCUT2D eigenvalue weighted by molar-refractivity contribution is 6.23. The van der Waals surface area contributed by atoms with Crippen molar-refractivity contribution in [2.24, 2.45) is 11.3 Å². The standard InChI is InChI=1S/C17H18N2O5/c1-17(2)9-14(21)16(15(22)10-17)13(20)6-7-18-11-4-3-5-12(8-11)19(23)24/h3-8,16,18H,9-10H2,1-2H3. The number of carbonyl (C=O) groups excluding carboxylic acids is 3. The summed E-state index contributed by atoms with van der Waals surface area (Å²) < 4.78 is 0. The molecule has 7 nitrogen and oxygen atoms in total. The number of carbonyl (C=O) groups is 3. The first-order valence-electron chi connectivity index (χ1n) is 7.46. The molecule has 0 heterocycles. The van der Waals surface area contributed by atoms with Gasteiger partial charge >= 0.3 is 0 Å². The molecule has 2 rings (SSSR count). The third-order valence-corrected chi connectivity index (χ3v) is 3.79. The van der Waals surface area contributed by atoms with Gasteiger partial charge in [-0.25, -0.2) is 0 Å². The molecule has 7 heteroatoms. The summed E-state index contributed by atoms with van der Waals surface area (Å²) in [4.78, 5) is 46.4. The molecule has 1 N–H and O–H groups in total. The molecule has 24 heavy (non-hydrogen) atoms. The lowest BCUT2D eigenvalue weighted by atomic mass is 9.70. The van der Waals surface area contributed by atoms with Crippen LogP contribution >= 0.6 is 0 Å². The van der Waals surface area contributed by atoms with E-state index in [1.807, 2.05) is 13.8 Å². The maximum absolute atomic E-state index is 12.1. The number of nitro groups is 1. The minimum Gasteiger partial charge on any atom is -0.361 e. The van der Waals surface area contributed by atoms with Gasteiger partial charge in [-0.1, -0.05) is 19.9 Å². The fourth-order valence-electron chi connectivity index (χ4n) is 2.73. The summed E-state index contributed by atoms with van der Waals surface area (Å²) in [6.45, 7) is 3.65. The number of hydrogen-bond donors (Lipinski definition) is 1. The second-order valence-corrected chi connectivity index (χ2v) is 6.57. The Morgan fingerprint density at radius 2 is 1.92 bits per heavy atom. The van der Waals surface area contributed by atoms with Gasteiger partial charge in [0.15, 0.2) is 17.3 Å². The van der Waals surface area contributed by atoms with Crippen molar-refractivity contribution in [3.63, 3.8) is 0 Å². The number of nitro benzene ring substituents is 1. The third kappa shape index (κ3) is 4.13. The fraction of sp³-hybridized carbons (Fsp3) is 0.353. The lowest BCUT2D eigenvalue weighted by Gasteiger charge is -2.30. The molecule has 0 atom stereocenters. The number of anilines is 1. The van der Waals surface area contributed by atoms with Gasteiger partial charge in [-0.2, -0.15) is 0 Å². The molecule has 1 fully saturated rings. The molecule has 0 bridgehead atoms. The lowest BCUT2D eigenvalue weighted by Crippen LogP contribution is -2.41. The van der Waals surface area contributed by atoms with Crippen LogP contribution < -0.4 is 5.32 Å². The normalized spacial score (nSPS) is 17.9. The molecule has 0 saturated heterocycles. The van der Waals surface area contributed by atoms with Gasteiger partial charge in [-0.3, -0.25) is 24.5 Å². The Labute approximate surface area is 138 Å². The zero-order chi connectivity index (χ0) is 17.9. The largest absolute Gasteiger partial charge is 0.361 e. The van der Waals surface area contributed by atoms with Gasteiger partial charge in [0.05, 0.1) is 4.92 Å². The third-order valence-electron chi connectivity index (χ3n) is 3.79. The highest BCUT2D eigenvalue weighted by Crippen LogP contribution is 2.34. The Morgan fingerprint density at radius 1 is 1.29 bits per heavy atom. The topological polar surface area (TPSA) is 106 Å². The van der Waals surface area contributed by atoms with E-state index in [1.165, 1.54) is 24.4 Å². The van der Waals surface area contributed by atoms with Crippen LogP contribution in [-0.2, 0) is 14.4 Å². The summed E-state index contributed by atoms with van der Waals surface area (Å²) in [5, 5.41) is 13.4. The lowest BCUT2D eigenvalue weighted by molar-refractivity contribution is -0.384. The quantitative estimate of drug-likeness (QED) is 0.385. The molecular formula is C17H18N2O5. The van der Waals surface area contributed by atoms with Crippen molar-refractivity contribution in [1.82, 2.24) is 0 Å². The number of allylic oxidation sites excluding steroid dienone is 1. The predicted octanol–water partition coefficient (Wildman–Crippen LogP) is 2.66. The molecule has 0 unspecified atom stereocenters. The first-order chi connectivity index (χ1) is 11.2. The van der Waals surface area contributed by atoms with Crippen LogP contribution in [0.2, 0.25) is 0 Å². The van der Waals surface area contributed by atoms with E-state index in [0.717, 1.165) is 6.08 Å². The summed E-state index contributed by atoms with van der Waals surface area (Å²) in [5.74, 6) is -2.53. The van der Waals surface area contributed by atoms with E-state index in [0.29, 0.717) is 5.69 Å². The monoisotopic (exact) mass is 330 g/mol. The molecule has 1 aliphatic carbocycles. The zero-order valence-corrected chi connectivity index (χ0v) is 13.4. The van der Waals surface area contributed by atoms with Crippen molar-refractivity contribution >= 4 is 28.7 Å². The highest BCUT2D eigenvalue weighted by atomic mass is 16.6. The number of Topliss-reactive ketones (excluding diaryl/α,β-unsaturated/α-hetero) is 2. The summed E-state index contributed by atoms with van der Waals surface area (Å²) in [6, 6.07) is 5.77. The zero-order valence-electron chi connectivity index (χ0n) is 13.4. The Kier molecular flexibility index (Phi) is 4.92. The number of benzene rings is 1. The van der Waals surface area contributed by atoms with E-state index in [4.69, 9.17) is 0 Å². The average molecular weight is 330 g/mol. The van der Waals surface area contributed by atoms with Crippen molar-refractivity contribution in [3.8, 4) is 0 Å². The predicted molar refractivity (Wildman–Crippen MR) is 87.4 cm³/mol. The van der Waals surface area contributed by atoms with Crippen LogP contribution in [0.1, 0.15) is 26.7 Å². The first kappa shape index (κ1) is 17.5. The van der Waals surface area contributed by atoms with Crippen molar-refractivity contribution in [1.29, 1.82) is 0 Å². The summed E-state index contributed by atoms with van der Waals surface area (Å²) >= 11 is 0. The van der Waals surface area contributed by atoms with Crippen LogP contribution in [0.3, 0.4) is 0 Å². The Bertz CT molecular complexity index is 716. The summed E-state index contributed by atoms with van der Waals surface area (Å²) in [5.41, 5.74) is -0.0640. The van der Waals surface area contributed by atoms with E-state index in [-0.39, 0.29) is 30.1 Å². The smallest absolute Gasteiger partial charge is 0.271 e. The Morgan fingerprint density at radius 3 is 2.50 bits per heavy atom. The maximum atomic E-state index is 12.1. The van der Waals surface area contributed by atoms with Crippen LogP contribution in [0.25, 0.3) is 0 Å². The van der Waals surface area contributed by atoms with Crippen molar-refractivity contribution < 1.29 is 19.3 Å². The van der Waals surface area contributed by atoms with Crippen molar-refractivity contribution in [2.75, 3.05) is 5.32 Å². The van der Waals surface area contributed by atoms with Gasteiger partial charge in [-0.05, 0) is 17.6 Å². The van der Waals surface area contributed by atoms with Crippen molar-refractivity contribution in [3.05, 3.63) is 46.7 Å². The maximum Gasteiger partial charge on any atom is 0.271 e. The number of non-ortho nitro benzene ring substituents is 1. The van der Waals surface area contributed by atoms with Gasteiger partial charge in [0.2, 0.25) is 0 Å². The number of hydrogen-bond acceptors (Lipinski definition) is 6. The number of rotatable bonds is 5. The van der Waals surface area contributed by atoms with E-state index in [1.54, 1.807) is 6.07 Å². The second-order valence-electron chi connectivity index (χ2n) is 6.57. The van der Waals surface area contributed by atoms with Gasteiger partial charge in [-0.15, -0.1) is 0 Å². The van der Waals surface area contributed by atoms with E-state index < -0.39 is 22.0 Å². The van der Waals surface area contributed by atoms with Gasteiger partial charge in [0.1, 0.15) is 5.92 Å². The molecule has 0 aliphatic heterocycles. The molecule has 0 radical (unpaired) electrons. The van der Waals surface area contributed by atoms with E-state index in [2.05, 4.69) is 5.32 Å². The van der Waals surface area contributed by atoms with Crippen LogP contribution in [0.5, 0.6) is 0 Å². The van der Waals surface area contributed by atoms with Gasteiger partial charge in [0.25, 0.3) is 5.69 Å². The molecule has 1 aromatic carbocycles. The minimum atomic E-state index is -1.24. The van der Waals surface area contributed by atoms with Crippen LogP contribution in [-0.4, -0.2) is 22.3 Å².